The SMILES string of the molecule is CN=C(NCCCOCc1ccco1)NCC(C)N1CCCCC1C.I. The molecular weight excluding hydrogens is 443 g/mol. The molecule has 1 aromatic rings. The van der Waals surface area contributed by atoms with Crippen LogP contribution in [0, 0.1) is 0 Å². The molecule has 2 unspecified atom stereocenters. The third kappa shape index (κ3) is 8.26. The molecule has 26 heavy (non-hydrogen) atoms. The molecule has 7 heteroatoms. The van der Waals surface area contributed by atoms with Gasteiger partial charge in [-0.15, -0.1) is 24.0 Å². The second-order valence-corrected chi connectivity index (χ2v) is 6.80. The van der Waals surface area contributed by atoms with E-state index in [1.54, 1.807) is 6.26 Å². The Bertz CT molecular complexity index is 496. The molecule has 6 nitrogen and oxygen atoms in total. The zero-order valence-corrected chi connectivity index (χ0v) is 18.7. The Morgan fingerprint density at radius 1 is 1.42 bits per heavy atom. The number of aliphatic imine (C=N–C) groups is 1. The number of nitrogens with one attached hydrogen (secondary N) is 2. The maximum atomic E-state index is 5.58. The van der Waals surface area contributed by atoms with Crippen molar-refractivity contribution < 1.29 is 9.15 Å². The van der Waals surface area contributed by atoms with Crippen molar-refractivity contribution in [1.29, 1.82) is 0 Å². The van der Waals surface area contributed by atoms with Gasteiger partial charge in [0.25, 0.3) is 0 Å². The first-order valence-electron chi connectivity index (χ1n) is 9.51. The van der Waals surface area contributed by atoms with Crippen molar-refractivity contribution in [2.75, 3.05) is 33.3 Å². The number of piperidine rings is 1. The first-order valence-corrected chi connectivity index (χ1v) is 9.51. The highest BCUT2D eigenvalue weighted by atomic mass is 127. The van der Waals surface area contributed by atoms with Gasteiger partial charge in [-0.1, -0.05) is 6.42 Å². The number of nitrogens with zero attached hydrogens (tertiary/aromatic N) is 2. The summed E-state index contributed by atoms with van der Waals surface area (Å²) in [6.07, 6.45) is 6.60. The molecule has 1 aliphatic rings. The van der Waals surface area contributed by atoms with Crippen LogP contribution in [0.4, 0.5) is 0 Å². The van der Waals surface area contributed by atoms with Gasteiger partial charge >= 0.3 is 0 Å². The van der Waals surface area contributed by atoms with Gasteiger partial charge < -0.3 is 19.8 Å². The van der Waals surface area contributed by atoms with Gasteiger partial charge in [0, 0.05) is 38.8 Å². The Hall–Kier alpha value is -0.800. The Labute approximate surface area is 175 Å². The summed E-state index contributed by atoms with van der Waals surface area (Å²) in [4.78, 5) is 6.91. The Balaban J connectivity index is 0.00000338. The highest BCUT2D eigenvalue weighted by Gasteiger charge is 2.22. The van der Waals surface area contributed by atoms with Crippen LogP contribution in [0.5, 0.6) is 0 Å². The van der Waals surface area contributed by atoms with Crippen LogP contribution in [0.15, 0.2) is 27.8 Å². The number of rotatable bonds is 9. The van der Waals surface area contributed by atoms with E-state index in [1.165, 1.54) is 25.8 Å². The molecule has 0 saturated carbocycles. The highest BCUT2D eigenvalue weighted by molar-refractivity contribution is 14.0. The molecule has 1 aromatic heterocycles. The minimum Gasteiger partial charge on any atom is -0.467 e. The molecule has 0 spiro atoms. The molecule has 1 aliphatic heterocycles. The van der Waals surface area contributed by atoms with Gasteiger partial charge in [-0.2, -0.15) is 0 Å². The fourth-order valence-corrected chi connectivity index (χ4v) is 3.31. The lowest BCUT2D eigenvalue weighted by Gasteiger charge is -2.38. The van der Waals surface area contributed by atoms with Crippen LogP contribution in [-0.4, -0.2) is 56.2 Å². The van der Waals surface area contributed by atoms with Gasteiger partial charge in [-0.05, 0) is 51.8 Å². The number of hydrogen-bond acceptors (Lipinski definition) is 4. The monoisotopic (exact) mass is 478 g/mol. The minimum atomic E-state index is 0. The number of halogens is 1. The first kappa shape index (κ1) is 23.2. The largest absolute Gasteiger partial charge is 0.467 e. The summed E-state index contributed by atoms with van der Waals surface area (Å²) in [7, 11) is 1.82. The number of likely N-dealkylation sites (tertiary alicyclic amines) is 1. The zero-order chi connectivity index (χ0) is 17.9. The van der Waals surface area contributed by atoms with Crippen molar-refractivity contribution in [2.24, 2.45) is 4.99 Å². The van der Waals surface area contributed by atoms with E-state index in [4.69, 9.17) is 9.15 Å². The van der Waals surface area contributed by atoms with Crippen molar-refractivity contribution in [3.8, 4) is 0 Å². The number of guanidine groups is 1. The molecular formula is C19H35IN4O2. The average Bonchev–Trinajstić information content (AvgIpc) is 3.14. The molecule has 1 fully saturated rings. The van der Waals surface area contributed by atoms with Gasteiger partial charge in [-0.25, -0.2) is 0 Å². The molecule has 0 aliphatic carbocycles. The van der Waals surface area contributed by atoms with Crippen LogP contribution in [-0.2, 0) is 11.3 Å². The summed E-state index contributed by atoms with van der Waals surface area (Å²) in [5.41, 5.74) is 0. The first-order chi connectivity index (χ1) is 12.2. The van der Waals surface area contributed by atoms with Crippen LogP contribution in [0.3, 0.4) is 0 Å². The summed E-state index contributed by atoms with van der Waals surface area (Å²) in [6.45, 7) is 8.84. The van der Waals surface area contributed by atoms with E-state index in [0.717, 1.165) is 31.2 Å². The highest BCUT2D eigenvalue weighted by Crippen LogP contribution is 2.18. The zero-order valence-electron chi connectivity index (χ0n) is 16.4. The second-order valence-electron chi connectivity index (χ2n) is 6.80. The summed E-state index contributed by atoms with van der Waals surface area (Å²) in [6, 6.07) is 5.01. The van der Waals surface area contributed by atoms with E-state index in [2.05, 4.69) is 34.4 Å². The van der Waals surface area contributed by atoms with Crippen molar-refractivity contribution in [3.63, 3.8) is 0 Å². The van der Waals surface area contributed by atoms with Crippen LogP contribution in [0.25, 0.3) is 0 Å². The van der Waals surface area contributed by atoms with Crippen LogP contribution in [0.2, 0.25) is 0 Å². The lowest BCUT2D eigenvalue weighted by Crippen LogP contribution is -2.50. The van der Waals surface area contributed by atoms with Crippen molar-refractivity contribution in [2.45, 2.75) is 58.2 Å². The predicted molar refractivity (Wildman–Crippen MR) is 117 cm³/mol. The third-order valence-corrected chi connectivity index (χ3v) is 4.79. The van der Waals surface area contributed by atoms with E-state index in [9.17, 15) is 0 Å². The van der Waals surface area contributed by atoms with Crippen molar-refractivity contribution in [3.05, 3.63) is 24.2 Å². The molecule has 2 heterocycles. The average molecular weight is 478 g/mol. The normalized spacial score (nSPS) is 19.7. The van der Waals surface area contributed by atoms with E-state index >= 15 is 0 Å². The topological polar surface area (TPSA) is 62.0 Å². The summed E-state index contributed by atoms with van der Waals surface area (Å²) in [5, 5.41) is 6.79. The van der Waals surface area contributed by atoms with E-state index in [-0.39, 0.29) is 24.0 Å². The van der Waals surface area contributed by atoms with E-state index < -0.39 is 0 Å². The lowest BCUT2D eigenvalue weighted by atomic mass is 10.0. The molecule has 150 valence electrons. The third-order valence-electron chi connectivity index (χ3n) is 4.79. The molecule has 0 radical (unpaired) electrons. The molecule has 2 N–H and O–H groups in total. The maximum Gasteiger partial charge on any atom is 0.191 e. The molecule has 0 bridgehead atoms. The number of hydrogen-bond donors (Lipinski definition) is 2. The summed E-state index contributed by atoms with van der Waals surface area (Å²) < 4.78 is 10.8. The lowest BCUT2D eigenvalue weighted by molar-refractivity contribution is 0.104. The van der Waals surface area contributed by atoms with E-state index in [0.29, 0.717) is 25.3 Å². The Morgan fingerprint density at radius 2 is 2.27 bits per heavy atom. The molecule has 0 aromatic carbocycles. The van der Waals surface area contributed by atoms with Crippen molar-refractivity contribution in [1.82, 2.24) is 15.5 Å². The van der Waals surface area contributed by atoms with Crippen molar-refractivity contribution >= 4 is 29.9 Å². The summed E-state index contributed by atoms with van der Waals surface area (Å²) in [5.74, 6) is 1.73. The predicted octanol–water partition coefficient (Wildman–Crippen LogP) is 3.23. The quantitative estimate of drug-likeness (QED) is 0.247. The fraction of sp³-hybridized carbons (Fsp3) is 0.737. The van der Waals surface area contributed by atoms with Crippen LogP contribution < -0.4 is 10.6 Å². The molecule has 1 saturated heterocycles. The fourth-order valence-electron chi connectivity index (χ4n) is 3.31. The minimum absolute atomic E-state index is 0. The number of ether oxygens (including phenoxy) is 1. The van der Waals surface area contributed by atoms with Crippen LogP contribution >= 0.6 is 24.0 Å². The Kier molecular flexibility index (Phi) is 12.0. The Morgan fingerprint density at radius 3 is 2.96 bits per heavy atom. The number of furan rings is 1. The molecule has 2 atom stereocenters. The summed E-state index contributed by atoms with van der Waals surface area (Å²) >= 11 is 0. The molecule has 2 rings (SSSR count). The van der Waals surface area contributed by atoms with Gasteiger partial charge in [0.05, 0.1) is 6.26 Å². The smallest absolute Gasteiger partial charge is 0.191 e. The van der Waals surface area contributed by atoms with Gasteiger partial charge in [0.1, 0.15) is 12.4 Å². The van der Waals surface area contributed by atoms with Gasteiger partial charge in [0.2, 0.25) is 0 Å². The standard InChI is InChI=1S/C19H34N4O2.HI/c1-16-8-4-5-11-23(16)17(2)14-22-19(20-3)21-10-7-12-24-15-18-9-6-13-25-18;/h6,9,13,16-17H,4-5,7-8,10-12,14-15H2,1-3H3,(H2,20,21,22);1H. The maximum absolute atomic E-state index is 5.58. The van der Waals surface area contributed by atoms with Gasteiger partial charge in [-0.3, -0.25) is 9.89 Å². The van der Waals surface area contributed by atoms with Gasteiger partial charge in [0.15, 0.2) is 5.96 Å². The van der Waals surface area contributed by atoms with E-state index in [1.807, 2.05) is 19.2 Å². The second kappa shape index (κ2) is 13.4. The van der Waals surface area contributed by atoms with Crippen LogP contribution in [0.1, 0.15) is 45.3 Å². The molecule has 0 amide bonds.